The lowest BCUT2D eigenvalue weighted by molar-refractivity contribution is 0.476. The van der Waals surface area contributed by atoms with Crippen molar-refractivity contribution >= 4 is 38.5 Å². The third-order valence-corrected chi connectivity index (χ3v) is 4.17. The van der Waals surface area contributed by atoms with Gasteiger partial charge in [-0.1, -0.05) is 27.5 Å². The highest BCUT2D eigenvalue weighted by Crippen LogP contribution is 2.33. The van der Waals surface area contributed by atoms with Gasteiger partial charge in [0.05, 0.1) is 0 Å². The van der Waals surface area contributed by atoms with Crippen LogP contribution in [0.5, 0.6) is 0 Å². The number of hydrogen-bond donors (Lipinski definition) is 2. The quantitative estimate of drug-likeness (QED) is 0.526. The number of nitrogens with one attached hydrogen (secondary N) is 1. The zero-order valence-electron chi connectivity index (χ0n) is 10.7. The maximum Gasteiger partial charge on any atom is 0.134 e. The Morgan fingerprint density at radius 1 is 1.19 bits per heavy atom. The van der Waals surface area contributed by atoms with Crippen molar-refractivity contribution in [2.24, 2.45) is 5.84 Å². The molecule has 0 aliphatic heterocycles. The lowest BCUT2D eigenvalue weighted by Gasteiger charge is -2.15. The fraction of sp³-hybridized carbons (Fsp3) is 0.0667. The van der Waals surface area contributed by atoms with E-state index in [2.05, 4.69) is 21.4 Å². The van der Waals surface area contributed by atoms with Gasteiger partial charge in [-0.15, -0.1) is 0 Å². The second kappa shape index (κ2) is 5.77. The number of hydrogen-bond acceptors (Lipinski definition) is 3. The van der Waals surface area contributed by atoms with Gasteiger partial charge in [-0.2, -0.15) is 0 Å². The minimum absolute atomic E-state index is 0.309. The highest BCUT2D eigenvalue weighted by Gasteiger charge is 2.20. The first-order chi connectivity index (χ1) is 10.1. The summed E-state index contributed by atoms with van der Waals surface area (Å²) >= 11 is 9.50. The molecule has 1 heterocycles. The molecule has 1 unspecified atom stereocenters. The second-order valence-electron chi connectivity index (χ2n) is 4.60. The van der Waals surface area contributed by atoms with Crippen LogP contribution in [0.15, 0.2) is 51.4 Å². The molecule has 0 spiro atoms. The molecule has 0 aliphatic carbocycles. The molecule has 6 heteroatoms. The molecule has 21 heavy (non-hydrogen) atoms. The Bertz CT molecular complexity index is 805. The van der Waals surface area contributed by atoms with Crippen LogP contribution in [0.1, 0.15) is 17.4 Å². The van der Waals surface area contributed by atoms with E-state index in [0.717, 1.165) is 10.0 Å². The third-order valence-electron chi connectivity index (χ3n) is 3.22. The number of rotatable bonds is 3. The van der Waals surface area contributed by atoms with Crippen LogP contribution < -0.4 is 11.3 Å². The van der Waals surface area contributed by atoms with Crippen LogP contribution in [0.25, 0.3) is 11.0 Å². The van der Waals surface area contributed by atoms with Gasteiger partial charge in [0.25, 0.3) is 0 Å². The predicted molar refractivity (Wildman–Crippen MR) is 84.5 cm³/mol. The normalized spacial score (nSPS) is 12.8. The Hall–Kier alpha value is -1.40. The van der Waals surface area contributed by atoms with Crippen molar-refractivity contribution in [2.45, 2.75) is 6.04 Å². The van der Waals surface area contributed by atoms with Crippen molar-refractivity contribution in [2.75, 3.05) is 0 Å². The van der Waals surface area contributed by atoms with E-state index in [0.29, 0.717) is 21.8 Å². The number of furan rings is 1. The Morgan fingerprint density at radius 3 is 2.76 bits per heavy atom. The number of fused-ring (bicyclic) bond motifs is 1. The molecule has 0 amide bonds. The smallest absolute Gasteiger partial charge is 0.134 e. The molecule has 108 valence electrons. The van der Waals surface area contributed by atoms with E-state index < -0.39 is 6.04 Å². The Balaban J connectivity index is 2.11. The van der Waals surface area contributed by atoms with E-state index in [4.69, 9.17) is 21.9 Å². The summed E-state index contributed by atoms with van der Waals surface area (Å²) in [4.78, 5) is 0. The zero-order valence-corrected chi connectivity index (χ0v) is 13.1. The molecule has 3 aromatic rings. The van der Waals surface area contributed by atoms with Crippen LogP contribution in [0.4, 0.5) is 4.39 Å². The molecule has 0 aliphatic rings. The fourth-order valence-corrected chi connectivity index (χ4v) is 2.89. The topological polar surface area (TPSA) is 51.2 Å². The fourth-order valence-electron chi connectivity index (χ4n) is 2.24. The van der Waals surface area contributed by atoms with Gasteiger partial charge in [0.2, 0.25) is 0 Å². The number of nitrogens with two attached hydrogens (primary N) is 1. The van der Waals surface area contributed by atoms with Gasteiger partial charge in [0.1, 0.15) is 23.2 Å². The third kappa shape index (κ3) is 2.82. The minimum Gasteiger partial charge on any atom is -0.459 e. The van der Waals surface area contributed by atoms with Crippen LogP contribution in [0.2, 0.25) is 5.02 Å². The van der Waals surface area contributed by atoms with E-state index in [1.807, 2.05) is 6.07 Å². The lowest BCUT2D eigenvalue weighted by atomic mass is 10.0. The largest absolute Gasteiger partial charge is 0.459 e. The second-order valence-corrected chi connectivity index (χ2v) is 5.89. The molecule has 0 radical (unpaired) electrons. The van der Waals surface area contributed by atoms with E-state index in [9.17, 15) is 4.39 Å². The van der Waals surface area contributed by atoms with E-state index in [1.54, 1.807) is 24.3 Å². The molecule has 0 saturated heterocycles. The maximum atomic E-state index is 13.3. The van der Waals surface area contributed by atoms with Crippen LogP contribution in [-0.4, -0.2) is 0 Å². The van der Waals surface area contributed by atoms with Crippen molar-refractivity contribution in [3.63, 3.8) is 0 Å². The van der Waals surface area contributed by atoms with E-state index >= 15 is 0 Å². The van der Waals surface area contributed by atoms with Crippen molar-refractivity contribution in [3.8, 4) is 0 Å². The molecule has 1 atom stereocenters. The Labute approximate surface area is 134 Å². The maximum absolute atomic E-state index is 13.3. The SMILES string of the molecule is NNC(c1cc2cc(F)ccc2o1)c1cc(Cl)ccc1Br. The molecular formula is C15H11BrClFN2O. The molecule has 3 nitrogen and oxygen atoms in total. The number of hydrazine groups is 1. The summed E-state index contributed by atoms with van der Waals surface area (Å²) in [6, 6.07) is 11.1. The number of halogens is 3. The van der Waals surface area contributed by atoms with Crippen LogP contribution in [0, 0.1) is 5.82 Å². The summed E-state index contributed by atoms with van der Waals surface area (Å²) < 4.78 is 19.9. The Morgan fingerprint density at radius 2 is 2.00 bits per heavy atom. The standard InChI is InChI=1S/C15H11BrClFN2O/c16-12-3-1-9(17)7-11(12)15(20-19)14-6-8-5-10(18)2-4-13(8)21-14/h1-7,15,20H,19H2. The predicted octanol–water partition coefficient (Wildman–Crippen LogP) is 4.54. The van der Waals surface area contributed by atoms with Gasteiger partial charge in [-0.25, -0.2) is 9.82 Å². The monoisotopic (exact) mass is 368 g/mol. The molecule has 0 saturated carbocycles. The average Bonchev–Trinajstić information content (AvgIpc) is 2.86. The van der Waals surface area contributed by atoms with Crippen LogP contribution in [-0.2, 0) is 0 Å². The minimum atomic E-state index is -0.395. The van der Waals surface area contributed by atoms with Crippen LogP contribution >= 0.6 is 27.5 Å². The summed E-state index contributed by atoms with van der Waals surface area (Å²) in [7, 11) is 0. The summed E-state index contributed by atoms with van der Waals surface area (Å²) in [6.45, 7) is 0. The Kier molecular flexibility index (Phi) is 3.99. The van der Waals surface area contributed by atoms with Crippen molar-refractivity contribution < 1.29 is 8.81 Å². The summed E-state index contributed by atoms with van der Waals surface area (Å²) in [6.07, 6.45) is 0. The first-order valence-corrected chi connectivity index (χ1v) is 7.35. The molecular weight excluding hydrogens is 359 g/mol. The summed E-state index contributed by atoms with van der Waals surface area (Å²) in [5.74, 6) is 5.93. The highest BCUT2D eigenvalue weighted by atomic mass is 79.9. The zero-order chi connectivity index (χ0) is 15.0. The van der Waals surface area contributed by atoms with Crippen molar-refractivity contribution in [1.82, 2.24) is 5.43 Å². The van der Waals surface area contributed by atoms with Crippen molar-refractivity contribution in [3.05, 3.63) is 69.1 Å². The van der Waals surface area contributed by atoms with E-state index in [-0.39, 0.29) is 5.82 Å². The van der Waals surface area contributed by atoms with Gasteiger partial charge < -0.3 is 4.42 Å². The van der Waals surface area contributed by atoms with Gasteiger partial charge in [-0.05, 0) is 48.0 Å². The van der Waals surface area contributed by atoms with Crippen molar-refractivity contribution in [1.29, 1.82) is 0 Å². The molecule has 3 N–H and O–H groups in total. The molecule has 2 aromatic carbocycles. The summed E-state index contributed by atoms with van der Waals surface area (Å²) in [5.41, 5.74) is 4.14. The average molecular weight is 370 g/mol. The summed E-state index contributed by atoms with van der Waals surface area (Å²) in [5, 5.41) is 1.28. The number of benzene rings is 2. The highest BCUT2D eigenvalue weighted by molar-refractivity contribution is 9.10. The molecule has 3 rings (SSSR count). The first kappa shape index (κ1) is 14.5. The molecule has 1 aromatic heterocycles. The molecule has 0 bridgehead atoms. The van der Waals surface area contributed by atoms with Gasteiger partial charge in [0, 0.05) is 14.9 Å². The molecule has 0 fully saturated rings. The van der Waals surface area contributed by atoms with Gasteiger partial charge in [-0.3, -0.25) is 5.84 Å². The first-order valence-electron chi connectivity index (χ1n) is 6.18. The lowest BCUT2D eigenvalue weighted by Crippen LogP contribution is -2.28. The van der Waals surface area contributed by atoms with Gasteiger partial charge in [0.15, 0.2) is 0 Å². The van der Waals surface area contributed by atoms with Crippen LogP contribution in [0.3, 0.4) is 0 Å². The van der Waals surface area contributed by atoms with E-state index in [1.165, 1.54) is 12.1 Å². The van der Waals surface area contributed by atoms with Gasteiger partial charge >= 0.3 is 0 Å².